The highest BCUT2D eigenvalue weighted by Gasteiger charge is 2.26. The molecule has 0 radical (unpaired) electrons. The summed E-state index contributed by atoms with van der Waals surface area (Å²) in [4.78, 5) is 9.88. The second-order valence-electron chi connectivity index (χ2n) is 3.79. The maximum atomic E-state index is 9.88. The van der Waals surface area contributed by atoms with Crippen molar-refractivity contribution < 1.29 is 4.80 Å². The van der Waals surface area contributed by atoms with Gasteiger partial charge in [0, 0.05) is 0 Å². The van der Waals surface area contributed by atoms with Crippen LogP contribution in [0.5, 0.6) is 0 Å². The lowest BCUT2D eigenvalue weighted by atomic mass is 10.2. The number of rotatable bonds is 2. The van der Waals surface area contributed by atoms with Gasteiger partial charge in [-0.25, -0.2) is 0 Å². The molecule has 0 aliphatic carbocycles. The van der Waals surface area contributed by atoms with Crippen LogP contribution in [-0.2, 0) is 0 Å². The average Bonchev–Trinajstić information content (AvgIpc) is 2.03. The van der Waals surface area contributed by atoms with Crippen LogP contribution in [-0.4, -0.2) is 13.1 Å². The van der Waals surface area contributed by atoms with Gasteiger partial charge < -0.3 is 4.80 Å². The minimum atomic E-state index is -2.00. The van der Waals surface area contributed by atoms with Crippen LogP contribution in [0.25, 0.3) is 0 Å². The predicted octanol–water partition coefficient (Wildman–Crippen LogP) is 2.53. The van der Waals surface area contributed by atoms with Crippen molar-refractivity contribution >= 4 is 8.32 Å². The van der Waals surface area contributed by atoms with E-state index in [-0.39, 0.29) is 0 Å². The molecule has 0 amide bonds. The van der Waals surface area contributed by atoms with E-state index in [0.29, 0.717) is 5.54 Å². The molecule has 12 heavy (non-hydrogen) atoms. The highest BCUT2D eigenvalue weighted by atomic mass is 28.4. The molecule has 0 bridgehead atoms. The molecule has 0 spiro atoms. The monoisotopic (exact) mass is 180 g/mol. The van der Waals surface area contributed by atoms with Crippen molar-refractivity contribution in [2.24, 2.45) is 0 Å². The summed E-state index contributed by atoms with van der Waals surface area (Å²) in [6.07, 6.45) is 0. The summed E-state index contributed by atoms with van der Waals surface area (Å²) >= 11 is 0. The molecule has 1 nitrogen and oxygen atoms in total. The Morgan fingerprint density at radius 2 is 1.67 bits per heavy atom. The molecule has 0 aliphatic heterocycles. The SMILES string of the molecule is C[C@H](c1ccccc1)[Si](C)(C)O. The lowest BCUT2D eigenvalue weighted by Gasteiger charge is -2.23. The van der Waals surface area contributed by atoms with Crippen molar-refractivity contribution in [2.75, 3.05) is 0 Å². The van der Waals surface area contributed by atoms with Crippen LogP contribution in [0.3, 0.4) is 0 Å². The summed E-state index contributed by atoms with van der Waals surface area (Å²) in [6, 6.07) is 10.2. The van der Waals surface area contributed by atoms with E-state index in [9.17, 15) is 4.80 Å². The molecule has 0 aliphatic rings. The predicted molar refractivity (Wildman–Crippen MR) is 54.6 cm³/mol. The van der Waals surface area contributed by atoms with Crippen LogP contribution >= 0.6 is 0 Å². The number of benzene rings is 1. The first kappa shape index (κ1) is 9.48. The van der Waals surface area contributed by atoms with E-state index in [4.69, 9.17) is 0 Å². The Morgan fingerprint density at radius 1 is 1.17 bits per heavy atom. The standard InChI is InChI=1S/C10H16OSi/c1-9(12(2,3)11)10-7-5-4-6-8-10/h4-9,11H,1-3H3/t9-/m1/s1. The van der Waals surface area contributed by atoms with Crippen molar-refractivity contribution in [1.82, 2.24) is 0 Å². The summed E-state index contributed by atoms with van der Waals surface area (Å²) in [6.45, 7) is 6.05. The third-order valence-electron chi connectivity index (χ3n) is 2.36. The summed E-state index contributed by atoms with van der Waals surface area (Å²) < 4.78 is 0. The summed E-state index contributed by atoms with van der Waals surface area (Å²) in [5, 5.41) is 0. The fraction of sp³-hybridized carbons (Fsp3) is 0.400. The van der Waals surface area contributed by atoms with Crippen molar-refractivity contribution in [3.05, 3.63) is 35.9 Å². The molecule has 0 saturated heterocycles. The smallest absolute Gasteiger partial charge is 0.189 e. The van der Waals surface area contributed by atoms with Gasteiger partial charge in [0.25, 0.3) is 0 Å². The zero-order valence-electron chi connectivity index (χ0n) is 7.91. The Balaban J connectivity index is 2.86. The number of hydrogen-bond donors (Lipinski definition) is 1. The third kappa shape index (κ3) is 2.19. The molecule has 1 N–H and O–H groups in total. The van der Waals surface area contributed by atoms with Gasteiger partial charge in [0.2, 0.25) is 0 Å². The Bertz CT molecular complexity index is 238. The minimum absolute atomic E-state index is 0.318. The maximum Gasteiger partial charge on any atom is 0.189 e. The van der Waals surface area contributed by atoms with Crippen LogP contribution in [0.2, 0.25) is 13.1 Å². The van der Waals surface area contributed by atoms with E-state index >= 15 is 0 Å². The molecule has 0 aromatic heterocycles. The van der Waals surface area contributed by atoms with E-state index in [1.165, 1.54) is 5.56 Å². The number of hydrogen-bond acceptors (Lipinski definition) is 1. The first-order valence-corrected chi connectivity index (χ1v) is 7.31. The largest absolute Gasteiger partial charge is 0.432 e. The van der Waals surface area contributed by atoms with Crippen LogP contribution < -0.4 is 0 Å². The highest BCUT2D eigenvalue weighted by Crippen LogP contribution is 2.23. The van der Waals surface area contributed by atoms with Crippen LogP contribution in [0.1, 0.15) is 18.0 Å². The Hall–Kier alpha value is -0.603. The molecule has 1 atom stereocenters. The molecule has 0 saturated carbocycles. The van der Waals surface area contributed by atoms with Gasteiger partial charge in [0.05, 0.1) is 0 Å². The van der Waals surface area contributed by atoms with Gasteiger partial charge in [-0.1, -0.05) is 37.3 Å². The van der Waals surface area contributed by atoms with Gasteiger partial charge in [0.1, 0.15) is 0 Å². The average molecular weight is 180 g/mol. The molecular weight excluding hydrogens is 164 g/mol. The molecule has 1 aromatic rings. The minimum Gasteiger partial charge on any atom is -0.432 e. The second-order valence-corrected chi connectivity index (χ2v) is 7.96. The topological polar surface area (TPSA) is 20.2 Å². The summed E-state index contributed by atoms with van der Waals surface area (Å²) in [5.41, 5.74) is 1.57. The van der Waals surface area contributed by atoms with Gasteiger partial charge in [0.15, 0.2) is 8.32 Å². The molecule has 2 heteroatoms. The van der Waals surface area contributed by atoms with Gasteiger partial charge >= 0.3 is 0 Å². The Kier molecular flexibility index (Phi) is 2.70. The van der Waals surface area contributed by atoms with Crippen molar-refractivity contribution in [3.8, 4) is 0 Å². The van der Waals surface area contributed by atoms with Crippen molar-refractivity contribution in [2.45, 2.75) is 25.6 Å². The summed E-state index contributed by atoms with van der Waals surface area (Å²) in [7, 11) is -2.00. The van der Waals surface area contributed by atoms with E-state index in [1.54, 1.807) is 0 Å². The molecule has 0 heterocycles. The Morgan fingerprint density at radius 3 is 2.08 bits per heavy atom. The molecule has 66 valence electrons. The van der Waals surface area contributed by atoms with Gasteiger partial charge in [-0.3, -0.25) is 0 Å². The first-order chi connectivity index (χ1) is 5.52. The lowest BCUT2D eigenvalue weighted by Crippen LogP contribution is -2.33. The van der Waals surface area contributed by atoms with Crippen LogP contribution in [0.15, 0.2) is 30.3 Å². The molecule has 0 unspecified atom stereocenters. The van der Waals surface area contributed by atoms with E-state index < -0.39 is 8.32 Å². The zero-order chi connectivity index (χ0) is 9.19. The fourth-order valence-electron chi connectivity index (χ4n) is 1.15. The maximum absolute atomic E-state index is 9.88. The Labute approximate surface area is 75.2 Å². The first-order valence-electron chi connectivity index (χ1n) is 4.29. The van der Waals surface area contributed by atoms with Gasteiger partial charge in [-0.15, -0.1) is 0 Å². The fourth-order valence-corrected chi connectivity index (χ4v) is 2.16. The normalized spacial score (nSPS) is 14.3. The van der Waals surface area contributed by atoms with Crippen LogP contribution in [0.4, 0.5) is 0 Å². The molecule has 0 fully saturated rings. The van der Waals surface area contributed by atoms with Crippen molar-refractivity contribution in [1.29, 1.82) is 0 Å². The van der Waals surface area contributed by atoms with Crippen molar-refractivity contribution in [3.63, 3.8) is 0 Å². The summed E-state index contributed by atoms with van der Waals surface area (Å²) in [5.74, 6) is 0. The van der Waals surface area contributed by atoms with Gasteiger partial charge in [-0.2, -0.15) is 0 Å². The van der Waals surface area contributed by atoms with E-state index in [2.05, 4.69) is 19.1 Å². The van der Waals surface area contributed by atoms with E-state index in [0.717, 1.165) is 0 Å². The van der Waals surface area contributed by atoms with E-state index in [1.807, 2.05) is 31.3 Å². The quantitative estimate of drug-likeness (QED) is 0.693. The zero-order valence-corrected chi connectivity index (χ0v) is 8.91. The lowest BCUT2D eigenvalue weighted by molar-refractivity contribution is 0.532. The highest BCUT2D eigenvalue weighted by molar-refractivity contribution is 6.71. The van der Waals surface area contributed by atoms with Gasteiger partial charge in [-0.05, 0) is 24.2 Å². The molecular formula is C10H16OSi. The second kappa shape index (κ2) is 3.41. The van der Waals surface area contributed by atoms with Crippen LogP contribution in [0, 0.1) is 0 Å². The molecule has 1 rings (SSSR count). The molecule has 1 aromatic carbocycles. The third-order valence-corrected chi connectivity index (χ3v) is 4.81.